The van der Waals surface area contributed by atoms with Crippen LogP contribution in [0.1, 0.15) is 44.9 Å². The molecule has 2 amide bonds. The lowest BCUT2D eigenvalue weighted by molar-refractivity contribution is -0.277. The minimum atomic E-state index is -4.81. The lowest BCUT2D eigenvalue weighted by atomic mass is 9.84. The highest BCUT2D eigenvalue weighted by Crippen LogP contribution is 2.55. The third-order valence-electron chi connectivity index (χ3n) is 8.28. The molecule has 2 aliphatic heterocycles. The molecule has 222 valence electrons. The number of hydrogen-bond acceptors (Lipinski definition) is 6. The third kappa shape index (κ3) is 5.06. The van der Waals surface area contributed by atoms with Gasteiger partial charge in [-0.15, -0.1) is 0 Å². The van der Waals surface area contributed by atoms with Gasteiger partial charge in [0.2, 0.25) is 0 Å². The number of aliphatic hydroxyl groups is 1. The molecule has 0 radical (unpaired) electrons. The average Bonchev–Trinajstić information content (AvgIpc) is 3.34. The number of likely N-dealkylation sites (tertiary alicyclic amines) is 1. The number of fused-ring (bicyclic) bond motifs is 1. The van der Waals surface area contributed by atoms with E-state index in [0.717, 1.165) is 23.9 Å². The Morgan fingerprint density at radius 1 is 1.05 bits per heavy atom. The van der Waals surface area contributed by atoms with Crippen LogP contribution < -0.4 is 10.2 Å². The van der Waals surface area contributed by atoms with Crippen LogP contribution in [0.25, 0.3) is 22.3 Å². The van der Waals surface area contributed by atoms with E-state index in [4.69, 9.17) is 0 Å². The Bertz CT molecular complexity index is 1460. The van der Waals surface area contributed by atoms with Gasteiger partial charge in [-0.1, -0.05) is 0 Å². The van der Waals surface area contributed by atoms with E-state index in [0.29, 0.717) is 37.1 Å². The van der Waals surface area contributed by atoms with Crippen molar-refractivity contribution in [2.24, 2.45) is 0 Å². The van der Waals surface area contributed by atoms with Gasteiger partial charge in [0, 0.05) is 44.2 Å². The molecule has 3 N–H and O–H groups in total. The topological polar surface area (TPSA) is 115 Å². The molecular formula is C25H28F6N8O2. The summed E-state index contributed by atoms with van der Waals surface area (Å²) < 4.78 is 81.5. The Hall–Kier alpha value is -3.56. The summed E-state index contributed by atoms with van der Waals surface area (Å²) in [4.78, 5) is 20.9. The fourth-order valence-corrected chi connectivity index (χ4v) is 5.99. The monoisotopic (exact) mass is 586 g/mol. The van der Waals surface area contributed by atoms with Gasteiger partial charge in [-0.2, -0.15) is 36.5 Å². The van der Waals surface area contributed by atoms with Crippen LogP contribution in [0.3, 0.4) is 0 Å². The summed E-state index contributed by atoms with van der Waals surface area (Å²) in [5, 5.41) is 24.3. The number of anilines is 2. The van der Waals surface area contributed by atoms with Crippen molar-refractivity contribution in [3.8, 4) is 11.4 Å². The fourth-order valence-electron chi connectivity index (χ4n) is 5.99. The summed E-state index contributed by atoms with van der Waals surface area (Å²) >= 11 is 0. The van der Waals surface area contributed by atoms with E-state index in [1.54, 1.807) is 0 Å². The number of pyridine rings is 1. The minimum absolute atomic E-state index is 0.160. The van der Waals surface area contributed by atoms with E-state index >= 15 is 0 Å². The summed E-state index contributed by atoms with van der Waals surface area (Å²) in [5.74, 6) is 0.430. The number of carbonyl (C=O) groups excluding carboxylic acids is 1. The summed E-state index contributed by atoms with van der Waals surface area (Å²) in [6, 6.07) is 0.780. The predicted octanol–water partition coefficient (Wildman–Crippen LogP) is 4.83. The lowest BCUT2D eigenvalue weighted by Crippen LogP contribution is -2.60. The summed E-state index contributed by atoms with van der Waals surface area (Å²) in [5.41, 5.74) is -3.17. The Kier molecular flexibility index (Phi) is 6.39. The third-order valence-corrected chi connectivity index (χ3v) is 8.28. The van der Waals surface area contributed by atoms with E-state index in [1.807, 2.05) is 4.90 Å². The maximum Gasteiger partial charge on any atom is 0.417 e. The first-order valence-corrected chi connectivity index (χ1v) is 13.4. The largest absolute Gasteiger partial charge is 0.417 e. The van der Waals surface area contributed by atoms with Crippen molar-refractivity contribution in [3.63, 3.8) is 0 Å². The van der Waals surface area contributed by atoms with Crippen molar-refractivity contribution >= 4 is 28.4 Å². The standard InChI is InChI=1S/C25H28F6N8O2/c26-24(27,28)14-39-18-10-16(32-11-15(18)20(36-39)37-7-2-1-3-8-37)19-17(12-33-35-19)34-21(40)38-9-6-23(41,25(29,30)31)13-22(38)4-5-22/h10-12,41H,1-9,13-14H2,(H,33,35)(H,34,40). The molecule has 0 aromatic carbocycles. The molecule has 3 aromatic rings. The number of H-pyrrole nitrogens is 1. The smallest absolute Gasteiger partial charge is 0.380 e. The van der Waals surface area contributed by atoms with Crippen LogP contribution in [0.2, 0.25) is 0 Å². The number of halogens is 6. The van der Waals surface area contributed by atoms with Crippen LogP contribution in [0.15, 0.2) is 18.5 Å². The number of amides is 2. The molecule has 1 unspecified atom stereocenters. The SMILES string of the molecule is O=C(Nc1cn[nH]c1-c1cc2c(cn1)c(N1CCCCC1)nn2CC(F)(F)F)N1CCC(O)(C(F)(F)F)CC12CC2. The second-order valence-corrected chi connectivity index (χ2v) is 11.2. The normalized spacial score (nSPS) is 22.9. The van der Waals surface area contributed by atoms with Crippen molar-refractivity contribution in [2.75, 3.05) is 29.9 Å². The Balaban J connectivity index is 1.28. The van der Waals surface area contributed by atoms with Gasteiger partial charge in [0.1, 0.15) is 12.2 Å². The number of alkyl halides is 6. The second kappa shape index (κ2) is 9.49. The van der Waals surface area contributed by atoms with Crippen LogP contribution in [0.4, 0.5) is 42.6 Å². The van der Waals surface area contributed by atoms with E-state index in [1.165, 1.54) is 23.4 Å². The first-order chi connectivity index (χ1) is 19.3. The fraction of sp³-hybridized carbons (Fsp3) is 0.600. The first-order valence-electron chi connectivity index (χ1n) is 13.4. The molecule has 1 atom stereocenters. The summed E-state index contributed by atoms with van der Waals surface area (Å²) in [7, 11) is 0. The highest BCUT2D eigenvalue weighted by molar-refractivity contribution is 5.96. The van der Waals surface area contributed by atoms with E-state index < -0.39 is 48.9 Å². The second-order valence-electron chi connectivity index (χ2n) is 11.2. The van der Waals surface area contributed by atoms with Gasteiger partial charge < -0.3 is 20.2 Å². The highest BCUT2D eigenvalue weighted by Gasteiger charge is 2.65. The quantitative estimate of drug-likeness (QED) is 0.378. The zero-order valence-corrected chi connectivity index (χ0v) is 21.8. The molecular weight excluding hydrogens is 558 g/mol. The van der Waals surface area contributed by atoms with Crippen molar-refractivity contribution in [3.05, 3.63) is 18.5 Å². The van der Waals surface area contributed by atoms with Crippen LogP contribution in [-0.2, 0) is 6.54 Å². The lowest BCUT2D eigenvalue weighted by Gasteiger charge is -2.45. The van der Waals surface area contributed by atoms with Gasteiger partial charge >= 0.3 is 18.4 Å². The van der Waals surface area contributed by atoms with Crippen molar-refractivity contribution in [1.29, 1.82) is 0 Å². The maximum absolute atomic E-state index is 13.4. The Morgan fingerprint density at radius 3 is 2.44 bits per heavy atom. The molecule has 1 saturated carbocycles. The van der Waals surface area contributed by atoms with Crippen LogP contribution >= 0.6 is 0 Å². The molecule has 41 heavy (non-hydrogen) atoms. The zero-order valence-electron chi connectivity index (χ0n) is 21.8. The number of nitrogens with one attached hydrogen (secondary N) is 2. The van der Waals surface area contributed by atoms with Crippen molar-refractivity contribution < 1.29 is 36.2 Å². The van der Waals surface area contributed by atoms with Crippen LogP contribution in [-0.4, -0.2) is 84.1 Å². The maximum atomic E-state index is 13.4. The number of hydrogen-bond donors (Lipinski definition) is 3. The molecule has 3 fully saturated rings. The molecule has 3 aliphatic rings. The van der Waals surface area contributed by atoms with E-state index in [9.17, 15) is 36.2 Å². The van der Waals surface area contributed by atoms with E-state index in [-0.39, 0.29) is 29.1 Å². The molecule has 2 saturated heterocycles. The number of urea groups is 1. The van der Waals surface area contributed by atoms with Gasteiger partial charge in [-0.05, 0) is 38.2 Å². The summed E-state index contributed by atoms with van der Waals surface area (Å²) in [6.45, 7) is -0.242. The predicted molar refractivity (Wildman–Crippen MR) is 135 cm³/mol. The molecule has 1 aliphatic carbocycles. The van der Waals surface area contributed by atoms with Crippen LogP contribution in [0, 0.1) is 0 Å². The molecule has 3 aromatic heterocycles. The van der Waals surface area contributed by atoms with Crippen LogP contribution in [0.5, 0.6) is 0 Å². The van der Waals surface area contributed by atoms with Gasteiger partial charge in [0.05, 0.1) is 28.5 Å². The van der Waals surface area contributed by atoms with Crippen molar-refractivity contribution in [2.45, 2.75) is 75.0 Å². The van der Waals surface area contributed by atoms with E-state index in [2.05, 4.69) is 25.6 Å². The minimum Gasteiger partial charge on any atom is -0.380 e. The van der Waals surface area contributed by atoms with Crippen molar-refractivity contribution in [1.82, 2.24) is 29.9 Å². The number of nitrogens with zero attached hydrogens (tertiary/aromatic N) is 6. The van der Waals surface area contributed by atoms with Gasteiger partial charge in [-0.25, -0.2) is 4.79 Å². The Labute approximate surface area is 229 Å². The average molecular weight is 587 g/mol. The molecule has 16 heteroatoms. The number of piperidine rings is 2. The van der Waals surface area contributed by atoms with Gasteiger partial charge in [0.15, 0.2) is 11.4 Å². The van der Waals surface area contributed by atoms with Gasteiger partial charge in [-0.3, -0.25) is 14.8 Å². The zero-order chi connectivity index (χ0) is 29.2. The molecule has 1 spiro atoms. The number of carbonyl (C=O) groups is 1. The first kappa shape index (κ1) is 27.6. The van der Waals surface area contributed by atoms with Gasteiger partial charge in [0.25, 0.3) is 0 Å². The number of aromatic amines is 1. The summed E-state index contributed by atoms with van der Waals surface area (Å²) in [6.07, 6.45) is -4.32. The highest BCUT2D eigenvalue weighted by atomic mass is 19.4. The number of rotatable bonds is 4. The molecule has 6 rings (SSSR count). The molecule has 5 heterocycles. The Morgan fingerprint density at radius 2 is 1.78 bits per heavy atom. The number of aromatic nitrogens is 5. The molecule has 10 nitrogen and oxygen atoms in total. The molecule has 0 bridgehead atoms.